The van der Waals surface area contributed by atoms with Crippen LogP contribution in [0.15, 0.2) is 35.7 Å². The van der Waals surface area contributed by atoms with Crippen LogP contribution >= 0.6 is 0 Å². The predicted molar refractivity (Wildman–Crippen MR) is 101 cm³/mol. The largest absolute Gasteiger partial charge is 0.380 e. The molecule has 0 bridgehead atoms. The zero-order valence-electron chi connectivity index (χ0n) is 16.0. The van der Waals surface area contributed by atoms with E-state index in [9.17, 15) is 14.4 Å². The molecule has 1 aromatic rings. The summed E-state index contributed by atoms with van der Waals surface area (Å²) >= 11 is 0. The number of carbonyl (C=O) groups excluding carboxylic acids is 3. The van der Waals surface area contributed by atoms with Crippen LogP contribution in [-0.4, -0.2) is 60.5 Å². The van der Waals surface area contributed by atoms with Crippen LogP contribution in [0.4, 0.5) is 0 Å². The maximum absolute atomic E-state index is 12.9. The Morgan fingerprint density at radius 2 is 1.62 bits per heavy atom. The third-order valence-electron chi connectivity index (χ3n) is 4.75. The number of allylic oxidation sites excluding steroid dienone is 2. The van der Waals surface area contributed by atoms with Gasteiger partial charge in [0.05, 0.1) is 0 Å². The van der Waals surface area contributed by atoms with Gasteiger partial charge in [-0.1, -0.05) is 38.1 Å². The topological polar surface area (TPSA) is 69.7 Å². The minimum absolute atomic E-state index is 0.129. The minimum Gasteiger partial charge on any atom is -0.380 e. The van der Waals surface area contributed by atoms with Gasteiger partial charge in [0.15, 0.2) is 0 Å². The summed E-state index contributed by atoms with van der Waals surface area (Å²) in [6.07, 6.45) is 0.839. The summed E-state index contributed by atoms with van der Waals surface area (Å²) in [5, 5.41) is 3.12. The van der Waals surface area contributed by atoms with Gasteiger partial charge in [0.1, 0.15) is 11.4 Å². The van der Waals surface area contributed by atoms with E-state index < -0.39 is 0 Å². The number of fused-ring (bicyclic) bond motifs is 1. The van der Waals surface area contributed by atoms with Crippen LogP contribution in [0.1, 0.15) is 47.9 Å². The lowest BCUT2D eigenvalue weighted by Gasteiger charge is -2.27. The van der Waals surface area contributed by atoms with Gasteiger partial charge in [-0.3, -0.25) is 14.4 Å². The number of benzene rings is 1. The summed E-state index contributed by atoms with van der Waals surface area (Å²) in [6.45, 7) is 9.01. The Hall–Kier alpha value is -2.47. The number of nitrogens with one attached hydrogen (secondary N) is 1. The summed E-state index contributed by atoms with van der Waals surface area (Å²) in [5.74, 6) is -0.835. The van der Waals surface area contributed by atoms with Crippen molar-refractivity contribution in [2.45, 2.75) is 27.2 Å². The lowest BCUT2D eigenvalue weighted by Crippen LogP contribution is -2.39. The van der Waals surface area contributed by atoms with E-state index in [-0.39, 0.29) is 28.9 Å². The van der Waals surface area contributed by atoms with E-state index in [0.29, 0.717) is 17.7 Å². The van der Waals surface area contributed by atoms with Crippen molar-refractivity contribution in [1.29, 1.82) is 0 Å². The van der Waals surface area contributed by atoms with Gasteiger partial charge in [-0.25, -0.2) is 0 Å². The quantitative estimate of drug-likeness (QED) is 0.722. The Morgan fingerprint density at radius 1 is 1.04 bits per heavy atom. The fraction of sp³-hybridized carbons (Fsp3) is 0.450. The number of hydrogen-bond donors (Lipinski definition) is 1. The Bertz CT molecular complexity index is 736. The molecule has 0 radical (unpaired) electrons. The van der Waals surface area contributed by atoms with Gasteiger partial charge in [-0.05, 0) is 26.1 Å². The van der Waals surface area contributed by atoms with E-state index in [1.54, 1.807) is 24.3 Å². The second-order valence-corrected chi connectivity index (χ2v) is 6.31. The van der Waals surface area contributed by atoms with Crippen LogP contribution in [-0.2, 0) is 4.79 Å². The Morgan fingerprint density at radius 3 is 2.15 bits per heavy atom. The maximum atomic E-state index is 12.9. The summed E-state index contributed by atoms with van der Waals surface area (Å²) < 4.78 is 0. The summed E-state index contributed by atoms with van der Waals surface area (Å²) in [6, 6.07) is 6.73. The number of Topliss-reactive ketones (excluding diaryl/α,β-unsaturated/α-hetero) is 2. The number of ketones is 2. The van der Waals surface area contributed by atoms with Crippen LogP contribution in [0.2, 0.25) is 0 Å². The molecule has 0 unspecified atom stereocenters. The number of amides is 1. The van der Waals surface area contributed by atoms with Crippen molar-refractivity contribution in [3.8, 4) is 0 Å². The molecule has 26 heavy (non-hydrogen) atoms. The highest BCUT2D eigenvalue weighted by Gasteiger charge is 2.34. The first kappa shape index (κ1) is 19.8. The molecule has 0 atom stereocenters. The molecule has 6 heteroatoms. The number of hydrogen-bond acceptors (Lipinski definition) is 5. The van der Waals surface area contributed by atoms with Crippen molar-refractivity contribution in [3.63, 3.8) is 0 Å². The van der Waals surface area contributed by atoms with Gasteiger partial charge in [-0.15, -0.1) is 0 Å². The van der Waals surface area contributed by atoms with E-state index in [0.717, 1.165) is 26.1 Å². The normalized spacial score (nSPS) is 13.9. The first-order valence-corrected chi connectivity index (χ1v) is 9.05. The average Bonchev–Trinajstić information content (AvgIpc) is 2.65. The molecule has 0 saturated carbocycles. The third kappa shape index (κ3) is 4.02. The lowest BCUT2D eigenvalue weighted by atomic mass is 9.89. The number of carbonyl (C=O) groups is 3. The van der Waals surface area contributed by atoms with Gasteiger partial charge >= 0.3 is 0 Å². The monoisotopic (exact) mass is 357 g/mol. The van der Waals surface area contributed by atoms with Gasteiger partial charge < -0.3 is 15.1 Å². The van der Waals surface area contributed by atoms with Crippen molar-refractivity contribution >= 4 is 17.5 Å². The second kappa shape index (κ2) is 8.76. The van der Waals surface area contributed by atoms with Gasteiger partial charge in [-0.2, -0.15) is 0 Å². The van der Waals surface area contributed by atoms with E-state index in [1.165, 1.54) is 18.9 Å². The summed E-state index contributed by atoms with van der Waals surface area (Å²) in [7, 11) is 1.52. The van der Waals surface area contributed by atoms with Crippen LogP contribution < -0.4 is 5.32 Å². The molecule has 0 heterocycles. The molecule has 0 fully saturated rings. The van der Waals surface area contributed by atoms with Crippen molar-refractivity contribution in [1.82, 2.24) is 15.1 Å². The maximum Gasteiger partial charge on any atom is 0.223 e. The second-order valence-electron chi connectivity index (χ2n) is 6.31. The van der Waals surface area contributed by atoms with E-state index in [4.69, 9.17) is 0 Å². The third-order valence-corrected chi connectivity index (χ3v) is 4.75. The Kier molecular flexibility index (Phi) is 6.69. The highest BCUT2D eigenvalue weighted by atomic mass is 16.2. The highest BCUT2D eigenvalue weighted by molar-refractivity contribution is 6.27. The fourth-order valence-corrected chi connectivity index (χ4v) is 3.06. The van der Waals surface area contributed by atoms with Gasteiger partial charge in [0.2, 0.25) is 17.5 Å². The van der Waals surface area contributed by atoms with Gasteiger partial charge in [0, 0.05) is 31.6 Å². The van der Waals surface area contributed by atoms with Crippen molar-refractivity contribution in [2.24, 2.45) is 0 Å². The molecule has 0 spiro atoms. The van der Waals surface area contributed by atoms with Crippen molar-refractivity contribution in [2.75, 3.05) is 33.2 Å². The number of rotatable bonds is 8. The first-order chi connectivity index (χ1) is 12.4. The first-order valence-electron chi connectivity index (χ1n) is 9.05. The number of likely N-dealkylation sites (N-methyl/N-ethyl adjacent to an activating group) is 1. The summed E-state index contributed by atoms with van der Waals surface area (Å²) in [4.78, 5) is 41.2. The molecule has 0 aromatic heterocycles. The molecule has 6 nitrogen and oxygen atoms in total. The molecule has 1 aromatic carbocycles. The Labute approximate surface area is 154 Å². The molecule has 1 N–H and O–H groups in total. The van der Waals surface area contributed by atoms with Crippen LogP contribution in [0, 0.1) is 0 Å². The molecule has 0 aliphatic heterocycles. The zero-order valence-corrected chi connectivity index (χ0v) is 16.0. The van der Waals surface area contributed by atoms with Crippen LogP contribution in [0.5, 0.6) is 0 Å². The van der Waals surface area contributed by atoms with Crippen molar-refractivity contribution < 1.29 is 14.4 Å². The molecular formula is C20H27N3O3. The minimum atomic E-state index is -0.302. The molecule has 1 aliphatic rings. The van der Waals surface area contributed by atoms with Crippen LogP contribution in [0.25, 0.3) is 0 Å². The van der Waals surface area contributed by atoms with E-state index in [1.807, 2.05) is 0 Å². The Balaban J connectivity index is 2.28. The molecule has 0 saturated heterocycles. The predicted octanol–water partition coefficient (Wildman–Crippen LogP) is 2.08. The lowest BCUT2D eigenvalue weighted by molar-refractivity contribution is -0.125. The highest BCUT2D eigenvalue weighted by Crippen LogP contribution is 2.26. The van der Waals surface area contributed by atoms with E-state index >= 15 is 0 Å². The van der Waals surface area contributed by atoms with Crippen LogP contribution in [0.3, 0.4) is 0 Å². The fourth-order valence-electron chi connectivity index (χ4n) is 3.06. The molecule has 1 aliphatic carbocycles. The number of nitrogens with zero attached hydrogens (tertiary/aromatic N) is 2. The van der Waals surface area contributed by atoms with Crippen molar-refractivity contribution in [3.05, 3.63) is 46.8 Å². The van der Waals surface area contributed by atoms with Gasteiger partial charge in [0.25, 0.3) is 0 Å². The summed E-state index contributed by atoms with van der Waals surface area (Å²) in [5.41, 5.74) is 1.06. The average molecular weight is 357 g/mol. The molecular weight excluding hydrogens is 330 g/mol. The smallest absolute Gasteiger partial charge is 0.223 e. The molecule has 1 amide bonds. The molecule has 140 valence electrons. The van der Waals surface area contributed by atoms with E-state index in [2.05, 4.69) is 24.1 Å². The zero-order chi connectivity index (χ0) is 19.3. The standard InChI is InChI=1S/C20H27N3O3/c1-5-23(6-2)13-9-12-21-17-18(22(4)14(3)24)20(26)16-11-8-7-10-15(16)19(17)25/h7-8,10-11,21H,5-6,9,12-13H2,1-4H3. The molecule has 2 rings (SSSR count). The SMILES string of the molecule is CCN(CC)CCCNC1=C(N(C)C(C)=O)C(=O)c2ccccc2C1=O.